The molecule has 0 aliphatic heterocycles. The Labute approximate surface area is 87.1 Å². The first-order valence-electron chi connectivity index (χ1n) is 4.09. The third-order valence-electron chi connectivity index (χ3n) is 1.93. The van der Waals surface area contributed by atoms with Crippen molar-refractivity contribution < 1.29 is 22.8 Å². The van der Waals surface area contributed by atoms with Crippen molar-refractivity contribution >= 4 is 5.88 Å². The van der Waals surface area contributed by atoms with Crippen LogP contribution in [-0.4, -0.2) is 10.3 Å². The lowest BCUT2D eigenvalue weighted by Crippen LogP contribution is -1.94. The summed E-state index contributed by atoms with van der Waals surface area (Å²) in [6.07, 6.45) is 0. The number of benzene rings is 1. The molecule has 0 fully saturated rings. The van der Waals surface area contributed by atoms with Crippen LogP contribution in [0.15, 0.2) is 16.7 Å². The molecule has 1 heterocycles. The molecule has 2 rings (SSSR count). The average molecular weight is 230 g/mol. The first-order valence-corrected chi connectivity index (χ1v) is 4.09. The van der Waals surface area contributed by atoms with Crippen LogP contribution in [0.4, 0.5) is 19.1 Å². The minimum atomic E-state index is -1.44. The van der Waals surface area contributed by atoms with Crippen LogP contribution in [0.3, 0.4) is 0 Å². The van der Waals surface area contributed by atoms with Crippen molar-refractivity contribution in [1.29, 1.82) is 0 Å². The van der Waals surface area contributed by atoms with Crippen LogP contribution < -0.4 is 5.73 Å². The largest absolute Gasteiger partial charge is 0.504 e. The smallest absolute Gasteiger partial charge is 0.222 e. The van der Waals surface area contributed by atoms with Gasteiger partial charge in [0.1, 0.15) is 5.69 Å². The van der Waals surface area contributed by atoms with Gasteiger partial charge in [-0.25, -0.2) is 13.2 Å². The van der Waals surface area contributed by atoms with E-state index in [4.69, 9.17) is 5.73 Å². The number of aromatic nitrogens is 1. The quantitative estimate of drug-likeness (QED) is 0.735. The van der Waals surface area contributed by atoms with Crippen molar-refractivity contribution in [2.24, 2.45) is 0 Å². The Kier molecular flexibility index (Phi) is 2.22. The van der Waals surface area contributed by atoms with Crippen LogP contribution in [0, 0.1) is 17.5 Å². The number of nitrogens with two attached hydrogens (primary N) is 1. The van der Waals surface area contributed by atoms with Gasteiger partial charge in [-0.05, 0) is 0 Å². The number of anilines is 1. The number of aromatic hydroxyl groups is 1. The first kappa shape index (κ1) is 10.3. The molecule has 0 aliphatic carbocycles. The topological polar surface area (TPSA) is 72.3 Å². The zero-order valence-corrected chi connectivity index (χ0v) is 7.67. The number of nitrogens with zero attached hydrogens (tertiary/aromatic N) is 1. The number of rotatable bonds is 1. The number of hydrogen-bond acceptors (Lipinski definition) is 4. The van der Waals surface area contributed by atoms with E-state index in [2.05, 4.69) is 9.68 Å². The molecule has 4 nitrogen and oxygen atoms in total. The van der Waals surface area contributed by atoms with Crippen molar-refractivity contribution in [3.05, 3.63) is 29.6 Å². The highest BCUT2D eigenvalue weighted by Crippen LogP contribution is 2.35. The molecule has 0 amide bonds. The van der Waals surface area contributed by atoms with Gasteiger partial charge in [0, 0.05) is 12.1 Å². The molecule has 0 bridgehead atoms. The minimum absolute atomic E-state index is 0.168. The molecule has 0 saturated heterocycles. The first-order chi connectivity index (χ1) is 7.50. The van der Waals surface area contributed by atoms with Crippen molar-refractivity contribution in [3.8, 4) is 17.0 Å². The molecule has 84 valence electrons. The van der Waals surface area contributed by atoms with Gasteiger partial charge >= 0.3 is 0 Å². The number of phenols is 1. The Balaban J connectivity index is 2.73. The zero-order valence-electron chi connectivity index (χ0n) is 7.67. The number of hydrogen-bond donors (Lipinski definition) is 2. The van der Waals surface area contributed by atoms with E-state index in [-0.39, 0.29) is 17.6 Å². The predicted molar refractivity (Wildman–Crippen MR) is 47.9 cm³/mol. The molecular weight excluding hydrogens is 225 g/mol. The number of phenolic OH excluding ortho intramolecular Hbond substituents is 1. The molecule has 0 radical (unpaired) electrons. The van der Waals surface area contributed by atoms with E-state index in [0.29, 0.717) is 0 Å². The van der Waals surface area contributed by atoms with E-state index in [0.717, 1.165) is 6.07 Å². The fourth-order valence-electron chi connectivity index (χ4n) is 1.23. The molecule has 1 aromatic heterocycles. The van der Waals surface area contributed by atoms with Crippen LogP contribution in [-0.2, 0) is 0 Å². The summed E-state index contributed by atoms with van der Waals surface area (Å²) in [6.45, 7) is 0. The van der Waals surface area contributed by atoms with Crippen molar-refractivity contribution in [3.63, 3.8) is 0 Å². The van der Waals surface area contributed by atoms with Gasteiger partial charge in [-0.2, -0.15) is 0 Å². The molecule has 7 heteroatoms. The van der Waals surface area contributed by atoms with Crippen LogP contribution in [0.1, 0.15) is 0 Å². The number of halogens is 3. The van der Waals surface area contributed by atoms with Gasteiger partial charge < -0.3 is 15.4 Å². The zero-order chi connectivity index (χ0) is 11.9. The molecule has 0 aliphatic rings. The summed E-state index contributed by atoms with van der Waals surface area (Å²) in [5.74, 6) is -5.37. The molecule has 3 N–H and O–H groups in total. The Morgan fingerprint density at radius 1 is 1.19 bits per heavy atom. The minimum Gasteiger partial charge on any atom is -0.504 e. The van der Waals surface area contributed by atoms with Gasteiger partial charge in [0.05, 0.1) is 5.56 Å². The fourth-order valence-corrected chi connectivity index (χ4v) is 1.23. The van der Waals surface area contributed by atoms with Crippen LogP contribution in [0.5, 0.6) is 5.75 Å². The number of nitrogen functional groups attached to an aromatic ring is 1. The Hall–Kier alpha value is -2.18. The van der Waals surface area contributed by atoms with E-state index in [1.54, 1.807) is 0 Å². The Bertz CT molecular complexity index is 528. The maximum Gasteiger partial charge on any atom is 0.222 e. The summed E-state index contributed by atoms with van der Waals surface area (Å²) < 4.78 is 43.6. The highest BCUT2D eigenvalue weighted by Gasteiger charge is 2.22. The fraction of sp³-hybridized carbons (Fsp3) is 0. The molecular formula is C9H5F3N2O2. The molecule has 1 aromatic carbocycles. The standard InChI is InChI=1S/C9H5F3N2O2/c10-3-1-4(11)9(15)7(8(3)12)5-2-6(13)16-14-5/h1-2,15H,13H2. The van der Waals surface area contributed by atoms with Crippen LogP contribution in [0.2, 0.25) is 0 Å². The summed E-state index contributed by atoms with van der Waals surface area (Å²) in [5.41, 5.74) is 4.16. The lowest BCUT2D eigenvalue weighted by atomic mass is 10.1. The van der Waals surface area contributed by atoms with Gasteiger partial charge in [0.15, 0.2) is 23.2 Å². The van der Waals surface area contributed by atoms with E-state index >= 15 is 0 Å². The third-order valence-corrected chi connectivity index (χ3v) is 1.93. The maximum absolute atomic E-state index is 13.3. The normalized spacial score (nSPS) is 10.7. The molecule has 0 unspecified atom stereocenters. The van der Waals surface area contributed by atoms with Crippen LogP contribution >= 0.6 is 0 Å². The Morgan fingerprint density at radius 2 is 1.88 bits per heavy atom. The second-order valence-corrected chi connectivity index (χ2v) is 2.99. The Morgan fingerprint density at radius 3 is 2.44 bits per heavy atom. The van der Waals surface area contributed by atoms with Gasteiger partial charge in [-0.3, -0.25) is 0 Å². The highest BCUT2D eigenvalue weighted by atomic mass is 19.2. The highest BCUT2D eigenvalue weighted by molar-refractivity contribution is 5.69. The maximum atomic E-state index is 13.3. The van der Waals surface area contributed by atoms with Gasteiger partial charge in [0.25, 0.3) is 0 Å². The summed E-state index contributed by atoms with van der Waals surface area (Å²) >= 11 is 0. The summed E-state index contributed by atoms with van der Waals surface area (Å²) in [4.78, 5) is 0. The molecule has 2 aromatic rings. The summed E-state index contributed by atoms with van der Waals surface area (Å²) in [7, 11) is 0. The van der Waals surface area contributed by atoms with E-state index in [9.17, 15) is 18.3 Å². The molecule has 0 atom stereocenters. The van der Waals surface area contributed by atoms with E-state index in [1.165, 1.54) is 0 Å². The lowest BCUT2D eigenvalue weighted by molar-refractivity contribution is 0.412. The molecule has 0 saturated carbocycles. The van der Waals surface area contributed by atoms with Gasteiger partial charge in [0.2, 0.25) is 5.88 Å². The average Bonchev–Trinajstić information content (AvgIpc) is 2.62. The molecule has 0 spiro atoms. The lowest BCUT2D eigenvalue weighted by Gasteiger charge is -2.04. The second-order valence-electron chi connectivity index (χ2n) is 2.99. The summed E-state index contributed by atoms with van der Waals surface area (Å²) in [5, 5.41) is 12.5. The molecule has 16 heavy (non-hydrogen) atoms. The van der Waals surface area contributed by atoms with Crippen molar-refractivity contribution in [2.45, 2.75) is 0 Å². The van der Waals surface area contributed by atoms with Crippen LogP contribution in [0.25, 0.3) is 11.3 Å². The second kappa shape index (κ2) is 3.44. The van der Waals surface area contributed by atoms with E-state index < -0.39 is 28.8 Å². The monoisotopic (exact) mass is 230 g/mol. The third kappa shape index (κ3) is 1.46. The SMILES string of the molecule is Nc1cc(-c2c(O)c(F)cc(F)c2F)no1. The van der Waals surface area contributed by atoms with Crippen molar-refractivity contribution in [1.82, 2.24) is 5.16 Å². The van der Waals surface area contributed by atoms with Gasteiger partial charge in [-0.1, -0.05) is 5.16 Å². The van der Waals surface area contributed by atoms with Gasteiger partial charge in [-0.15, -0.1) is 0 Å². The summed E-state index contributed by atoms with van der Waals surface area (Å²) in [6, 6.07) is 1.27. The van der Waals surface area contributed by atoms with Crippen molar-refractivity contribution in [2.75, 3.05) is 5.73 Å². The van der Waals surface area contributed by atoms with E-state index in [1.807, 2.05) is 0 Å². The predicted octanol–water partition coefficient (Wildman–Crippen LogP) is 2.05.